The molecule has 2 aliphatic rings. The van der Waals surface area contributed by atoms with Gasteiger partial charge in [-0.25, -0.2) is 0 Å². The quantitative estimate of drug-likeness (QED) is 0.483. The summed E-state index contributed by atoms with van der Waals surface area (Å²) in [6, 6.07) is 5.56. The van der Waals surface area contributed by atoms with Crippen molar-refractivity contribution in [3.8, 4) is 11.5 Å². The van der Waals surface area contributed by atoms with E-state index in [1.165, 1.54) is 0 Å². The zero-order valence-electron chi connectivity index (χ0n) is 22.0. The van der Waals surface area contributed by atoms with Crippen molar-refractivity contribution in [3.63, 3.8) is 0 Å². The van der Waals surface area contributed by atoms with E-state index in [1.807, 2.05) is 28.0 Å². The summed E-state index contributed by atoms with van der Waals surface area (Å²) >= 11 is 0. The molecule has 4 rings (SSSR count). The molecule has 2 aromatic rings. The van der Waals surface area contributed by atoms with Crippen LogP contribution in [0.15, 0.2) is 22.7 Å². The van der Waals surface area contributed by atoms with Gasteiger partial charge in [-0.1, -0.05) is 18.1 Å². The summed E-state index contributed by atoms with van der Waals surface area (Å²) < 4.78 is 16.0. The second-order valence-corrected chi connectivity index (χ2v) is 9.69. The highest BCUT2D eigenvalue weighted by atomic mass is 35.5. The first-order chi connectivity index (χ1) is 17.4. The fourth-order valence-corrected chi connectivity index (χ4v) is 4.72. The summed E-state index contributed by atoms with van der Waals surface area (Å²) in [6.45, 7) is 7.29. The van der Waals surface area contributed by atoms with Crippen LogP contribution in [0.4, 0.5) is 0 Å². The summed E-state index contributed by atoms with van der Waals surface area (Å²) in [5.74, 6) is 3.35. The first-order valence-electron chi connectivity index (χ1n) is 12.8. The van der Waals surface area contributed by atoms with Crippen LogP contribution in [0, 0.1) is 5.92 Å². The van der Waals surface area contributed by atoms with Crippen LogP contribution in [-0.4, -0.2) is 90.1 Å². The van der Waals surface area contributed by atoms with Crippen LogP contribution >= 0.6 is 12.4 Å². The predicted molar refractivity (Wildman–Crippen MR) is 140 cm³/mol. The number of piperazine rings is 1. The van der Waals surface area contributed by atoms with Crippen molar-refractivity contribution in [1.82, 2.24) is 24.8 Å². The lowest BCUT2D eigenvalue weighted by molar-refractivity contribution is -0.133. The Kier molecular flexibility index (Phi) is 10.6. The molecule has 0 radical (unpaired) electrons. The molecule has 10 nitrogen and oxygen atoms in total. The highest BCUT2D eigenvalue weighted by molar-refractivity contribution is 5.85. The number of amides is 2. The Labute approximate surface area is 224 Å². The van der Waals surface area contributed by atoms with Crippen LogP contribution in [0.3, 0.4) is 0 Å². The third-order valence-corrected chi connectivity index (χ3v) is 7.09. The van der Waals surface area contributed by atoms with Gasteiger partial charge in [-0.15, -0.1) is 12.4 Å². The van der Waals surface area contributed by atoms with Crippen molar-refractivity contribution in [2.24, 2.45) is 5.92 Å². The van der Waals surface area contributed by atoms with Gasteiger partial charge >= 0.3 is 0 Å². The van der Waals surface area contributed by atoms with Gasteiger partial charge in [0.15, 0.2) is 17.3 Å². The smallest absolute Gasteiger partial charge is 0.227 e. The third-order valence-electron chi connectivity index (χ3n) is 7.09. The number of likely N-dealkylation sites (tertiary alicyclic amines) is 1. The van der Waals surface area contributed by atoms with Crippen LogP contribution in [0.5, 0.6) is 11.5 Å². The average molecular weight is 536 g/mol. The monoisotopic (exact) mass is 535 g/mol. The Bertz CT molecular complexity index is 1030. The van der Waals surface area contributed by atoms with Gasteiger partial charge in [0, 0.05) is 52.1 Å². The van der Waals surface area contributed by atoms with E-state index >= 15 is 0 Å². The van der Waals surface area contributed by atoms with E-state index in [1.54, 1.807) is 14.2 Å². The van der Waals surface area contributed by atoms with E-state index in [9.17, 15) is 9.59 Å². The van der Waals surface area contributed by atoms with Crippen molar-refractivity contribution < 1.29 is 23.6 Å². The van der Waals surface area contributed by atoms with Crippen molar-refractivity contribution >= 4 is 24.2 Å². The molecule has 0 unspecified atom stereocenters. The zero-order valence-corrected chi connectivity index (χ0v) is 22.8. The molecule has 1 aromatic heterocycles. The average Bonchev–Trinajstić information content (AvgIpc) is 3.35. The number of nitrogens with zero attached hydrogens (tertiary/aromatic N) is 5. The Morgan fingerprint density at radius 1 is 0.973 bits per heavy atom. The summed E-state index contributed by atoms with van der Waals surface area (Å²) in [4.78, 5) is 35.8. The first kappa shape index (κ1) is 28.7. The summed E-state index contributed by atoms with van der Waals surface area (Å²) in [5.41, 5.74) is 0.896. The zero-order chi connectivity index (χ0) is 25.5. The molecule has 0 spiro atoms. The second kappa shape index (κ2) is 13.6. The Morgan fingerprint density at radius 3 is 2.32 bits per heavy atom. The molecule has 2 saturated heterocycles. The minimum absolute atomic E-state index is 0. The SMILES string of the molecule is COc1ccc(CC(=O)N2CCN(Cc3noc(CCC(=O)N4CCC(C)CC4)n3)CC2)cc1OC.Cl. The van der Waals surface area contributed by atoms with Crippen LogP contribution in [0.1, 0.15) is 43.5 Å². The fraction of sp³-hybridized carbons (Fsp3) is 0.615. The lowest BCUT2D eigenvalue weighted by Gasteiger charge is -2.34. The normalized spacial score (nSPS) is 16.8. The van der Waals surface area contributed by atoms with E-state index < -0.39 is 0 Å². The van der Waals surface area contributed by atoms with E-state index in [2.05, 4.69) is 22.0 Å². The van der Waals surface area contributed by atoms with Gasteiger partial charge in [-0.05, 0) is 36.5 Å². The van der Waals surface area contributed by atoms with Gasteiger partial charge in [0.25, 0.3) is 0 Å². The van der Waals surface area contributed by atoms with Gasteiger partial charge in [0.2, 0.25) is 17.7 Å². The maximum Gasteiger partial charge on any atom is 0.227 e. The molecule has 204 valence electrons. The van der Waals surface area contributed by atoms with Gasteiger partial charge in [0.1, 0.15) is 0 Å². The minimum Gasteiger partial charge on any atom is -0.493 e. The summed E-state index contributed by atoms with van der Waals surface area (Å²) in [5, 5.41) is 4.10. The number of aromatic nitrogens is 2. The standard InChI is InChI=1S/C26H37N5O5.ClH/c1-19-8-10-30(11-9-19)25(32)7-6-24-27-23(28-36-24)18-29-12-14-31(15-13-29)26(33)17-20-4-5-21(34-2)22(16-20)35-3;/h4-5,16,19H,6-15,17-18H2,1-3H3;1H. The number of benzene rings is 1. The molecule has 0 atom stereocenters. The van der Waals surface area contributed by atoms with Crippen molar-refractivity contribution in [3.05, 3.63) is 35.5 Å². The molecule has 37 heavy (non-hydrogen) atoms. The summed E-state index contributed by atoms with van der Waals surface area (Å²) in [6.07, 6.45) is 3.34. The fourth-order valence-electron chi connectivity index (χ4n) is 4.72. The number of halogens is 1. The molecular weight excluding hydrogens is 498 g/mol. The number of carbonyl (C=O) groups excluding carboxylic acids is 2. The molecule has 11 heteroatoms. The van der Waals surface area contributed by atoms with E-state index in [0.29, 0.717) is 68.0 Å². The number of aryl methyl sites for hydroxylation is 1. The Hall–Kier alpha value is -2.85. The van der Waals surface area contributed by atoms with Crippen LogP contribution < -0.4 is 9.47 Å². The molecule has 0 saturated carbocycles. The number of ether oxygens (including phenoxy) is 2. The number of piperidine rings is 1. The molecule has 0 N–H and O–H groups in total. The number of hydrogen-bond donors (Lipinski definition) is 0. The lowest BCUT2D eigenvalue weighted by Crippen LogP contribution is -2.48. The third kappa shape index (κ3) is 7.82. The highest BCUT2D eigenvalue weighted by Crippen LogP contribution is 2.28. The minimum atomic E-state index is 0. The largest absolute Gasteiger partial charge is 0.493 e. The molecule has 1 aromatic carbocycles. The molecule has 0 aliphatic carbocycles. The maximum atomic E-state index is 12.8. The van der Waals surface area contributed by atoms with Gasteiger partial charge in [-0.2, -0.15) is 4.98 Å². The van der Waals surface area contributed by atoms with Crippen molar-refractivity contribution in [1.29, 1.82) is 0 Å². The van der Waals surface area contributed by atoms with Crippen molar-refractivity contribution in [2.75, 3.05) is 53.5 Å². The van der Waals surface area contributed by atoms with Gasteiger partial charge in [0.05, 0.1) is 27.2 Å². The molecule has 2 fully saturated rings. The Morgan fingerprint density at radius 2 is 1.65 bits per heavy atom. The van der Waals surface area contributed by atoms with Crippen LogP contribution in [0.25, 0.3) is 0 Å². The van der Waals surface area contributed by atoms with Crippen LogP contribution in [0.2, 0.25) is 0 Å². The molecule has 2 amide bonds. The summed E-state index contributed by atoms with van der Waals surface area (Å²) in [7, 11) is 3.18. The first-order valence-corrected chi connectivity index (χ1v) is 12.8. The number of carbonyl (C=O) groups is 2. The van der Waals surface area contributed by atoms with E-state index in [4.69, 9.17) is 14.0 Å². The highest BCUT2D eigenvalue weighted by Gasteiger charge is 2.24. The predicted octanol–water partition coefficient (Wildman–Crippen LogP) is 2.59. The molecule has 3 heterocycles. The van der Waals surface area contributed by atoms with Gasteiger partial charge < -0.3 is 23.8 Å². The molecule has 2 aliphatic heterocycles. The molecular formula is C26H38ClN5O5. The number of rotatable bonds is 9. The van der Waals surface area contributed by atoms with Crippen molar-refractivity contribution in [2.45, 2.75) is 45.6 Å². The van der Waals surface area contributed by atoms with E-state index in [0.717, 1.165) is 44.6 Å². The number of methoxy groups -OCH3 is 2. The topological polar surface area (TPSA) is 101 Å². The molecule has 0 bridgehead atoms. The lowest BCUT2D eigenvalue weighted by atomic mass is 9.99. The van der Waals surface area contributed by atoms with E-state index in [-0.39, 0.29) is 24.2 Å². The number of hydrogen-bond acceptors (Lipinski definition) is 8. The van der Waals surface area contributed by atoms with Gasteiger partial charge in [-0.3, -0.25) is 14.5 Å². The maximum absolute atomic E-state index is 12.8. The van der Waals surface area contributed by atoms with Crippen LogP contribution in [-0.2, 0) is 29.0 Å². The Balaban J connectivity index is 0.00000380. The second-order valence-electron chi connectivity index (χ2n) is 9.69.